The molecule has 0 fully saturated rings. The third-order valence-corrected chi connectivity index (χ3v) is 3.43. The predicted octanol–water partition coefficient (Wildman–Crippen LogP) is 3.66. The van der Waals surface area contributed by atoms with Gasteiger partial charge in [-0.2, -0.15) is 5.10 Å². The largest absolute Gasteiger partial charge is 0.322 e. The molecule has 4 nitrogen and oxygen atoms in total. The molecule has 0 aliphatic heterocycles. The van der Waals surface area contributed by atoms with E-state index in [0.717, 1.165) is 21.2 Å². The summed E-state index contributed by atoms with van der Waals surface area (Å²) in [5.74, 6) is -0.163. The number of pyridine rings is 1. The summed E-state index contributed by atoms with van der Waals surface area (Å²) in [5, 5.41) is 7.06. The minimum Gasteiger partial charge on any atom is -0.322 e. The predicted molar refractivity (Wildman–Crippen MR) is 82.0 cm³/mol. The van der Waals surface area contributed by atoms with Crippen LogP contribution < -0.4 is 5.32 Å². The van der Waals surface area contributed by atoms with Gasteiger partial charge in [0.15, 0.2) is 0 Å². The summed E-state index contributed by atoms with van der Waals surface area (Å²) in [4.78, 5) is 12.3. The maximum Gasteiger partial charge on any atom is 0.259 e. The molecule has 5 heteroatoms. The Morgan fingerprint density at radius 2 is 2.15 bits per heavy atom. The van der Waals surface area contributed by atoms with E-state index in [1.54, 1.807) is 10.7 Å². The second-order valence-electron chi connectivity index (χ2n) is 4.56. The van der Waals surface area contributed by atoms with E-state index in [9.17, 15) is 4.79 Å². The van der Waals surface area contributed by atoms with Gasteiger partial charge in [0, 0.05) is 16.4 Å². The fourth-order valence-corrected chi connectivity index (χ4v) is 2.72. The van der Waals surface area contributed by atoms with Crippen LogP contribution in [0.1, 0.15) is 15.9 Å². The van der Waals surface area contributed by atoms with Crippen molar-refractivity contribution in [3.8, 4) is 0 Å². The second kappa shape index (κ2) is 5.09. The van der Waals surface area contributed by atoms with Crippen LogP contribution in [0.25, 0.3) is 5.52 Å². The third-order valence-electron chi connectivity index (χ3n) is 2.97. The van der Waals surface area contributed by atoms with Crippen molar-refractivity contribution < 1.29 is 4.79 Å². The van der Waals surface area contributed by atoms with Crippen LogP contribution in [0.2, 0.25) is 0 Å². The molecular formula is C15H12BrN3O. The van der Waals surface area contributed by atoms with Gasteiger partial charge in [-0.25, -0.2) is 4.52 Å². The molecule has 0 atom stereocenters. The van der Waals surface area contributed by atoms with Crippen molar-refractivity contribution in [2.75, 3.05) is 5.32 Å². The van der Waals surface area contributed by atoms with Crippen LogP contribution in [-0.2, 0) is 0 Å². The van der Waals surface area contributed by atoms with Crippen molar-refractivity contribution in [2.45, 2.75) is 6.92 Å². The van der Waals surface area contributed by atoms with Crippen LogP contribution in [0.5, 0.6) is 0 Å². The average molecular weight is 330 g/mol. The smallest absolute Gasteiger partial charge is 0.259 e. The van der Waals surface area contributed by atoms with E-state index in [1.165, 1.54) is 0 Å². The summed E-state index contributed by atoms with van der Waals surface area (Å²) < 4.78 is 2.62. The van der Waals surface area contributed by atoms with Gasteiger partial charge in [0.05, 0.1) is 17.3 Å². The molecule has 0 bridgehead atoms. The Morgan fingerprint density at radius 1 is 1.30 bits per heavy atom. The first-order chi connectivity index (χ1) is 9.63. The lowest BCUT2D eigenvalue weighted by Gasteiger charge is -2.06. The van der Waals surface area contributed by atoms with Gasteiger partial charge in [0.2, 0.25) is 0 Å². The van der Waals surface area contributed by atoms with Crippen LogP contribution in [0.3, 0.4) is 0 Å². The molecule has 3 rings (SSSR count). The van der Waals surface area contributed by atoms with Crippen molar-refractivity contribution in [1.82, 2.24) is 9.61 Å². The number of hydrogen-bond donors (Lipinski definition) is 1. The van der Waals surface area contributed by atoms with Gasteiger partial charge in [-0.1, -0.05) is 22.0 Å². The van der Waals surface area contributed by atoms with Crippen molar-refractivity contribution in [3.05, 3.63) is 64.4 Å². The third kappa shape index (κ3) is 2.44. The fourth-order valence-electron chi connectivity index (χ4n) is 2.12. The number of halogens is 1. The van der Waals surface area contributed by atoms with Crippen molar-refractivity contribution in [3.63, 3.8) is 0 Å². The van der Waals surface area contributed by atoms with E-state index in [0.29, 0.717) is 5.56 Å². The second-order valence-corrected chi connectivity index (χ2v) is 5.48. The molecule has 20 heavy (non-hydrogen) atoms. The van der Waals surface area contributed by atoms with E-state index in [4.69, 9.17) is 0 Å². The molecule has 0 aliphatic carbocycles. The lowest BCUT2D eigenvalue weighted by Crippen LogP contribution is -2.11. The van der Waals surface area contributed by atoms with Crippen LogP contribution in [0, 0.1) is 6.92 Å². The summed E-state index contributed by atoms with van der Waals surface area (Å²) in [6.07, 6.45) is 3.39. The van der Waals surface area contributed by atoms with Gasteiger partial charge in [0.1, 0.15) is 0 Å². The molecule has 1 N–H and O–H groups in total. The van der Waals surface area contributed by atoms with E-state index < -0.39 is 0 Å². The number of fused-ring (bicyclic) bond motifs is 1. The number of nitrogens with zero attached hydrogens (tertiary/aromatic N) is 2. The Balaban J connectivity index is 1.93. The van der Waals surface area contributed by atoms with Gasteiger partial charge in [-0.3, -0.25) is 4.79 Å². The Bertz CT molecular complexity index is 774. The molecule has 0 spiro atoms. The molecule has 2 aromatic heterocycles. The Hall–Kier alpha value is -2.14. The number of aryl methyl sites for hydroxylation is 1. The zero-order chi connectivity index (χ0) is 14.1. The highest BCUT2D eigenvalue weighted by Gasteiger charge is 2.12. The maximum absolute atomic E-state index is 12.3. The molecule has 1 aromatic carbocycles. The van der Waals surface area contributed by atoms with E-state index in [1.807, 2.05) is 49.5 Å². The maximum atomic E-state index is 12.3. The standard InChI is InChI=1S/C15H12BrN3O/c1-10-6-11(16)8-12(7-10)18-15(20)13-9-17-19-5-3-2-4-14(13)19/h2-9H,1H3,(H,18,20). The summed E-state index contributed by atoms with van der Waals surface area (Å²) in [5.41, 5.74) is 3.19. The lowest BCUT2D eigenvalue weighted by atomic mass is 10.2. The van der Waals surface area contributed by atoms with E-state index in [2.05, 4.69) is 26.3 Å². The first-order valence-electron chi connectivity index (χ1n) is 6.14. The Kier molecular flexibility index (Phi) is 3.28. The number of benzene rings is 1. The number of carbonyl (C=O) groups is 1. The number of anilines is 1. The quantitative estimate of drug-likeness (QED) is 0.779. The monoisotopic (exact) mass is 329 g/mol. The molecular weight excluding hydrogens is 318 g/mol. The van der Waals surface area contributed by atoms with Gasteiger partial charge in [0.25, 0.3) is 5.91 Å². The zero-order valence-corrected chi connectivity index (χ0v) is 12.4. The van der Waals surface area contributed by atoms with Crippen molar-refractivity contribution in [1.29, 1.82) is 0 Å². The first-order valence-corrected chi connectivity index (χ1v) is 6.94. The highest BCUT2D eigenvalue weighted by atomic mass is 79.9. The van der Waals surface area contributed by atoms with Gasteiger partial charge >= 0.3 is 0 Å². The number of nitrogens with one attached hydrogen (secondary N) is 1. The fraction of sp³-hybridized carbons (Fsp3) is 0.0667. The summed E-state index contributed by atoms with van der Waals surface area (Å²) in [6.45, 7) is 1.98. The van der Waals surface area contributed by atoms with E-state index >= 15 is 0 Å². The normalized spacial score (nSPS) is 10.7. The lowest BCUT2D eigenvalue weighted by molar-refractivity contribution is 0.102. The van der Waals surface area contributed by atoms with Crippen LogP contribution >= 0.6 is 15.9 Å². The molecule has 3 aromatic rings. The first kappa shape index (κ1) is 12.9. The Labute approximate surface area is 124 Å². The molecule has 0 radical (unpaired) electrons. The highest BCUT2D eigenvalue weighted by Crippen LogP contribution is 2.20. The average Bonchev–Trinajstić information content (AvgIpc) is 2.81. The molecule has 2 heterocycles. The minimum atomic E-state index is -0.163. The summed E-state index contributed by atoms with van der Waals surface area (Å²) >= 11 is 3.42. The van der Waals surface area contributed by atoms with Crippen LogP contribution in [-0.4, -0.2) is 15.5 Å². The van der Waals surface area contributed by atoms with Gasteiger partial charge < -0.3 is 5.32 Å². The zero-order valence-electron chi connectivity index (χ0n) is 10.8. The van der Waals surface area contributed by atoms with Crippen molar-refractivity contribution >= 4 is 33.0 Å². The number of hydrogen-bond acceptors (Lipinski definition) is 2. The van der Waals surface area contributed by atoms with E-state index in [-0.39, 0.29) is 5.91 Å². The van der Waals surface area contributed by atoms with Crippen LogP contribution in [0.15, 0.2) is 53.3 Å². The topological polar surface area (TPSA) is 46.4 Å². The van der Waals surface area contributed by atoms with Gasteiger partial charge in [-0.05, 0) is 42.8 Å². The molecule has 0 saturated carbocycles. The summed E-state index contributed by atoms with van der Waals surface area (Å²) in [7, 11) is 0. The van der Waals surface area contributed by atoms with Crippen LogP contribution in [0.4, 0.5) is 5.69 Å². The number of carbonyl (C=O) groups excluding carboxylic acids is 1. The SMILES string of the molecule is Cc1cc(Br)cc(NC(=O)c2cnn3ccccc23)c1. The molecule has 0 saturated heterocycles. The number of rotatable bonds is 2. The summed E-state index contributed by atoms with van der Waals surface area (Å²) in [6, 6.07) is 11.4. The van der Waals surface area contributed by atoms with Gasteiger partial charge in [-0.15, -0.1) is 0 Å². The molecule has 0 unspecified atom stereocenters. The molecule has 100 valence electrons. The number of aromatic nitrogens is 2. The van der Waals surface area contributed by atoms with Crippen molar-refractivity contribution in [2.24, 2.45) is 0 Å². The minimum absolute atomic E-state index is 0.163. The number of amides is 1. The molecule has 0 aliphatic rings. The highest BCUT2D eigenvalue weighted by molar-refractivity contribution is 9.10. The Morgan fingerprint density at radius 3 is 2.95 bits per heavy atom. The molecule has 1 amide bonds.